The molecule has 0 spiro atoms. The number of nitrogens with one attached hydrogen (secondary N) is 1. The zero-order valence-electron chi connectivity index (χ0n) is 6.80. The van der Waals surface area contributed by atoms with Crippen LogP contribution >= 0.6 is 0 Å². The van der Waals surface area contributed by atoms with E-state index in [1.54, 1.807) is 6.92 Å². The van der Waals surface area contributed by atoms with Crippen molar-refractivity contribution in [3.63, 3.8) is 0 Å². The first-order chi connectivity index (χ1) is 5.20. The fraction of sp³-hybridized carbons (Fsp3) is 0.750. The molecule has 0 aromatic heterocycles. The lowest BCUT2D eigenvalue weighted by Crippen LogP contribution is -2.31. The third-order valence-electron chi connectivity index (χ3n) is 1.72. The van der Waals surface area contributed by atoms with Gasteiger partial charge in [0.1, 0.15) is 12.0 Å². The standard InChI is InChI=1S/C8H14NO2/c1-6(5-7(2)10)8-9-3-4-11-8/h6,8-9H,1,3-5H2,2H3. The van der Waals surface area contributed by atoms with Crippen LogP contribution in [0.3, 0.4) is 0 Å². The monoisotopic (exact) mass is 156 g/mol. The van der Waals surface area contributed by atoms with E-state index in [0.29, 0.717) is 6.42 Å². The molecular weight excluding hydrogens is 142 g/mol. The molecule has 63 valence electrons. The Kier molecular flexibility index (Phi) is 3.02. The zero-order chi connectivity index (χ0) is 8.27. The second kappa shape index (κ2) is 3.83. The number of Topliss-reactive ketones (excluding diaryl/α,β-unsaturated/α-hetero) is 1. The van der Waals surface area contributed by atoms with Crippen LogP contribution in [0, 0.1) is 12.8 Å². The molecule has 0 aromatic carbocycles. The predicted molar refractivity (Wildman–Crippen MR) is 41.9 cm³/mol. The number of carbonyl (C=O) groups is 1. The van der Waals surface area contributed by atoms with Crippen LogP contribution in [0.15, 0.2) is 0 Å². The Morgan fingerprint density at radius 3 is 3.09 bits per heavy atom. The van der Waals surface area contributed by atoms with Crippen molar-refractivity contribution in [3.8, 4) is 0 Å². The first-order valence-electron chi connectivity index (χ1n) is 3.87. The Morgan fingerprint density at radius 2 is 2.64 bits per heavy atom. The lowest BCUT2D eigenvalue weighted by molar-refractivity contribution is -0.118. The highest BCUT2D eigenvalue weighted by Crippen LogP contribution is 2.12. The minimum Gasteiger partial charge on any atom is -0.362 e. The summed E-state index contributed by atoms with van der Waals surface area (Å²) in [7, 11) is 0. The summed E-state index contributed by atoms with van der Waals surface area (Å²) in [5, 5.41) is 3.12. The molecule has 1 radical (unpaired) electrons. The number of hydrogen-bond donors (Lipinski definition) is 1. The van der Waals surface area contributed by atoms with Crippen molar-refractivity contribution < 1.29 is 9.53 Å². The maximum absolute atomic E-state index is 10.7. The topological polar surface area (TPSA) is 38.3 Å². The maximum atomic E-state index is 10.7. The third-order valence-corrected chi connectivity index (χ3v) is 1.72. The molecule has 0 saturated carbocycles. The maximum Gasteiger partial charge on any atom is 0.130 e. The summed E-state index contributed by atoms with van der Waals surface area (Å²) in [6, 6.07) is 0. The van der Waals surface area contributed by atoms with Gasteiger partial charge in [0.15, 0.2) is 0 Å². The van der Waals surface area contributed by atoms with Crippen molar-refractivity contribution >= 4 is 5.78 Å². The zero-order valence-corrected chi connectivity index (χ0v) is 6.80. The number of carbonyl (C=O) groups excluding carboxylic acids is 1. The Morgan fingerprint density at radius 1 is 1.91 bits per heavy atom. The molecule has 0 bridgehead atoms. The van der Waals surface area contributed by atoms with Crippen molar-refractivity contribution in [2.24, 2.45) is 5.92 Å². The third kappa shape index (κ3) is 2.60. The molecule has 1 aliphatic heterocycles. The van der Waals surface area contributed by atoms with E-state index in [0.717, 1.165) is 13.2 Å². The average molecular weight is 156 g/mol. The number of rotatable bonds is 3. The molecule has 3 heteroatoms. The van der Waals surface area contributed by atoms with Crippen LogP contribution in [0.5, 0.6) is 0 Å². The first kappa shape index (κ1) is 8.68. The first-order valence-corrected chi connectivity index (χ1v) is 3.87. The molecule has 1 aliphatic rings. The minimum atomic E-state index is -0.0149. The van der Waals surface area contributed by atoms with Crippen molar-refractivity contribution in [3.05, 3.63) is 6.92 Å². The summed E-state index contributed by atoms with van der Waals surface area (Å²) in [5.41, 5.74) is 0. The van der Waals surface area contributed by atoms with E-state index in [9.17, 15) is 4.79 Å². The molecule has 1 fully saturated rings. The summed E-state index contributed by atoms with van der Waals surface area (Å²) in [6.07, 6.45) is 0.483. The van der Waals surface area contributed by atoms with Gasteiger partial charge in [-0.3, -0.25) is 5.32 Å². The normalized spacial score (nSPS) is 26.9. The highest BCUT2D eigenvalue weighted by Gasteiger charge is 2.22. The van der Waals surface area contributed by atoms with Crippen LogP contribution in [-0.2, 0) is 9.53 Å². The molecule has 2 unspecified atom stereocenters. The molecular formula is C8H14NO2. The summed E-state index contributed by atoms with van der Waals surface area (Å²) < 4.78 is 5.29. The summed E-state index contributed by atoms with van der Waals surface area (Å²) in [4.78, 5) is 10.7. The van der Waals surface area contributed by atoms with Crippen molar-refractivity contribution in [2.45, 2.75) is 19.6 Å². The van der Waals surface area contributed by atoms with Crippen LogP contribution in [0.25, 0.3) is 0 Å². The van der Waals surface area contributed by atoms with Gasteiger partial charge in [-0.05, 0) is 13.8 Å². The molecule has 0 aliphatic carbocycles. The van der Waals surface area contributed by atoms with E-state index in [1.807, 2.05) is 0 Å². The van der Waals surface area contributed by atoms with Gasteiger partial charge in [0, 0.05) is 18.9 Å². The summed E-state index contributed by atoms with van der Waals surface area (Å²) >= 11 is 0. The van der Waals surface area contributed by atoms with Gasteiger partial charge in [-0.1, -0.05) is 0 Å². The van der Waals surface area contributed by atoms with Crippen molar-refractivity contribution in [1.82, 2.24) is 5.32 Å². The molecule has 1 rings (SSSR count). The molecule has 0 aromatic rings. The van der Waals surface area contributed by atoms with Crippen LogP contribution in [0.4, 0.5) is 0 Å². The average Bonchev–Trinajstić information content (AvgIpc) is 2.35. The lowest BCUT2D eigenvalue weighted by Gasteiger charge is -2.16. The van der Waals surface area contributed by atoms with E-state index in [4.69, 9.17) is 4.74 Å². The fourth-order valence-corrected chi connectivity index (χ4v) is 1.23. The van der Waals surface area contributed by atoms with E-state index in [2.05, 4.69) is 12.2 Å². The largest absolute Gasteiger partial charge is 0.362 e. The quantitative estimate of drug-likeness (QED) is 0.641. The molecule has 2 atom stereocenters. The van der Waals surface area contributed by atoms with Gasteiger partial charge in [0.25, 0.3) is 0 Å². The molecule has 3 nitrogen and oxygen atoms in total. The van der Waals surface area contributed by atoms with Crippen LogP contribution in [0.1, 0.15) is 13.3 Å². The van der Waals surface area contributed by atoms with Crippen molar-refractivity contribution in [1.29, 1.82) is 0 Å². The number of ether oxygens (including phenoxy) is 1. The second-order valence-electron chi connectivity index (χ2n) is 2.91. The van der Waals surface area contributed by atoms with Gasteiger partial charge in [0.2, 0.25) is 0 Å². The SMILES string of the molecule is [CH2]C(CC(C)=O)C1NCCO1. The number of ketones is 1. The van der Waals surface area contributed by atoms with E-state index in [-0.39, 0.29) is 17.9 Å². The molecule has 11 heavy (non-hydrogen) atoms. The Hall–Kier alpha value is -0.410. The van der Waals surface area contributed by atoms with E-state index in [1.165, 1.54) is 0 Å². The molecule has 1 saturated heterocycles. The molecule has 0 amide bonds. The van der Waals surface area contributed by atoms with Gasteiger partial charge in [-0.15, -0.1) is 0 Å². The van der Waals surface area contributed by atoms with Crippen molar-refractivity contribution in [2.75, 3.05) is 13.2 Å². The van der Waals surface area contributed by atoms with E-state index < -0.39 is 0 Å². The molecule has 1 N–H and O–H groups in total. The lowest BCUT2D eigenvalue weighted by atomic mass is 10.0. The predicted octanol–water partition coefficient (Wildman–Crippen LogP) is 0.362. The summed E-state index contributed by atoms with van der Waals surface area (Å²) in [5.74, 6) is 0.220. The van der Waals surface area contributed by atoms with Crippen LogP contribution in [-0.4, -0.2) is 25.2 Å². The fourth-order valence-electron chi connectivity index (χ4n) is 1.23. The van der Waals surface area contributed by atoms with Gasteiger partial charge in [-0.2, -0.15) is 0 Å². The Balaban J connectivity index is 2.28. The summed E-state index contributed by atoms with van der Waals surface area (Å²) in [6.45, 7) is 7.03. The number of hydrogen-bond acceptors (Lipinski definition) is 3. The van der Waals surface area contributed by atoms with Gasteiger partial charge >= 0.3 is 0 Å². The minimum absolute atomic E-state index is 0.0149. The van der Waals surface area contributed by atoms with Gasteiger partial charge in [-0.25, -0.2) is 0 Å². The highest BCUT2D eigenvalue weighted by atomic mass is 16.5. The van der Waals surface area contributed by atoms with Gasteiger partial charge in [0.05, 0.1) is 6.61 Å². The Bertz CT molecular complexity index is 141. The smallest absolute Gasteiger partial charge is 0.130 e. The van der Waals surface area contributed by atoms with E-state index >= 15 is 0 Å². The highest BCUT2D eigenvalue weighted by molar-refractivity contribution is 5.75. The second-order valence-corrected chi connectivity index (χ2v) is 2.91. The Labute approximate surface area is 67.1 Å². The van der Waals surface area contributed by atoms with Gasteiger partial charge < -0.3 is 9.53 Å². The van der Waals surface area contributed by atoms with Crippen LogP contribution < -0.4 is 5.32 Å². The van der Waals surface area contributed by atoms with Crippen LogP contribution in [0.2, 0.25) is 0 Å². The molecule has 1 heterocycles.